The zero-order valence-corrected chi connectivity index (χ0v) is 11.8. The fraction of sp³-hybridized carbons (Fsp3) is 0.100. The molecule has 0 spiro atoms. The average Bonchev–Trinajstić information content (AvgIpc) is 2.84. The predicted molar refractivity (Wildman–Crippen MR) is 72.0 cm³/mol. The molecule has 0 atom stereocenters. The van der Waals surface area contributed by atoms with Gasteiger partial charge in [-0.25, -0.2) is 17.5 Å². The molecule has 0 amide bonds. The first-order chi connectivity index (χ1) is 8.90. The maximum atomic E-state index is 13.1. The standard InChI is InChI=1S/C10H9ClFN3O2S2/c11-7-1-8(12)9(13)2-10(7)19(16,17)15-4-6-3-14-5-18-6/h1-3,5,15H,4,13H2. The predicted octanol–water partition coefficient (Wildman–Crippen LogP) is 2.00. The molecule has 0 aliphatic carbocycles. The second kappa shape index (κ2) is 5.41. The van der Waals surface area contributed by atoms with Crippen molar-refractivity contribution < 1.29 is 12.8 Å². The van der Waals surface area contributed by atoms with Crippen LogP contribution >= 0.6 is 22.9 Å². The molecule has 19 heavy (non-hydrogen) atoms. The van der Waals surface area contributed by atoms with Gasteiger partial charge in [-0.05, 0) is 12.1 Å². The van der Waals surface area contributed by atoms with E-state index in [-0.39, 0.29) is 22.2 Å². The lowest BCUT2D eigenvalue weighted by Gasteiger charge is -2.08. The highest BCUT2D eigenvalue weighted by atomic mass is 35.5. The van der Waals surface area contributed by atoms with Crippen molar-refractivity contribution in [1.29, 1.82) is 0 Å². The number of hydrogen-bond donors (Lipinski definition) is 2. The molecule has 2 aromatic rings. The van der Waals surface area contributed by atoms with Crippen molar-refractivity contribution in [3.05, 3.63) is 39.6 Å². The van der Waals surface area contributed by atoms with E-state index in [1.54, 1.807) is 11.7 Å². The molecule has 0 saturated heterocycles. The smallest absolute Gasteiger partial charge is 0.242 e. The molecule has 1 aromatic heterocycles. The van der Waals surface area contributed by atoms with Crippen LogP contribution in [0, 0.1) is 5.82 Å². The van der Waals surface area contributed by atoms with E-state index in [0.29, 0.717) is 0 Å². The van der Waals surface area contributed by atoms with E-state index in [2.05, 4.69) is 9.71 Å². The van der Waals surface area contributed by atoms with Gasteiger partial charge in [0.2, 0.25) is 10.0 Å². The number of sulfonamides is 1. The van der Waals surface area contributed by atoms with E-state index >= 15 is 0 Å². The summed E-state index contributed by atoms with van der Waals surface area (Å²) >= 11 is 7.04. The van der Waals surface area contributed by atoms with E-state index in [4.69, 9.17) is 17.3 Å². The highest BCUT2D eigenvalue weighted by Gasteiger charge is 2.20. The maximum absolute atomic E-state index is 13.1. The van der Waals surface area contributed by atoms with Crippen LogP contribution in [0.1, 0.15) is 4.88 Å². The molecule has 0 radical (unpaired) electrons. The number of nitrogens with two attached hydrogens (primary N) is 1. The Balaban J connectivity index is 2.27. The number of rotatable bonds is 4. The summed E-state index contributed by atoms with van der Waals surface area (Å²) in [6.07, 6.45) is 1.55. The van der Waals surface area contributed by atoms with Crippen LogP contribution in [0.5, 0.6) is 0 Å². The van der Waals surface area contributed by atoms with Gasteiger partial charge in [-0.1, -0.05) is 11.6 Å². The van der Waals surface area contributed by atoms with Crippen molar-refractivity contribution in [2.24, 2.45) is 0 Å². The molecule has 0 fully saturated rings. The van der Waals surface area contributed by atoms with Gasteiger partial charge >= 0.3 is 0 Å². The van der Waals surface area contributed by atoms with Gasteiger partial charge < -0.3 is 5.73 Å². The van der Waals surface area contributed by atoms with Crippen LogP contribution in [0.4, 0.5) is 10.1 Å². The van der Waals surface area contributed by atoms with Crippen LogP contribution in [0.15, 0.2) is 28.7 Å². The van der Waals surface area contributed by atoms with Crippen LogP contribution in [-0.2, 0) is 16.6 Å². The first-order valence-corrected chi connectivity index (χ1v) is 7.76. The van der Waals surface area contributed by atoms with Crippen LogP contribution < -0.4 is 10.5 Å². The normalized spacial score (nSPS) is 11.7. The fourth-order valence-corrected chi connectivity index (χ4v) is 3.50. The average molecular weight is 322 g/mol. The summed E-state index contributed by atoms with van der Waals surface area (Å²) in [4.78, 5) is 4.32. The van der Waals surface area contributed by atoms with Gasteiger partial charge in [-0.15, -0.1) is 11.3 Å². The highest BCUT2D eigenvalue weighted by Crippen LogP contribution is 2.26. The zero-order chi connectivity index (χ0) is 14.0. The number of benzene rings is 1. The summed E-state index contributed by atoms with van der Waals surface area (Å²) in [5.74, 6) is -0.758. The van der Waals surface area contributed by atoms with E-state index in [9.17, 15) is 12.8 Å². The van der Waals surface area contributed by atoms with Crippen LogP contribution in [-0.4, -0.2) is 13.4 Å². The molecular formula is C10H9ClFN3O2S2. The monoisotopic (exact) mass is 321 g/mol. The van der Waals surface area contributed by atoms with Gasteiger partial charge in [0.15, 0.2) is 0 Å². The maximum Gasteiger partial charge on any atom is 0.242 e. The Morgan fingerprint density at radius 3 is 2.84 bits per heavy atom. The third kappa shape index (κ3) is 3.21. The Bertz CT molecular complexity index is 689. The van der Waals surface area contributed by atoms with E-state index in [1.807, 2.05) is 0 Å². The Hall–Kier alpha value is -1.22. The summed E-state index contributed by atoms with van der Waals surface area (Å²) in [5.41, 5.74) is 6.66. The molecule has 1 heterocycles. The Labute approximate surface area is 118 Å². The number of nitrogens with one attached hydrogen (secondary N) is 1. The van der Waals surface area contributed by atoms with Crippen molar-refractivity contribution in [1.82, 2.24) is 9.71 Å². The molecule has 9 heteroatoms. The van der Waals surface area contributed by atoms with E-state index in [0.717, 1.165) is 17.0 Å². The SMILES string of the molecule is Nc1cc(S(=O)(=O)NCc2cncs2)c(Cl)cc1F. The molecule has 0 aliphatic rings. The molecule has 0 bridgehead atoms. The number of hydrogen-bond acceptors (Lipinski definition) is 5. The third-order valence-electron chi connectivity index (χ3n) is 2.26. The van der Waals surface area contributed by atoms with Gasteiger partial charge in [0.1, 0.15) is 10.7 Å². The van der Waals surface area contributed by atoms with Gasteiger partial charge in [0, 0.05) is 17.6 Å². The van der Waals surface area contributed by atoms with E-state index < -0.39 is 15.8 Å². The summed E-state index contributed by atoms with van der Waals surface area (Å²) in [7, 11) is -3.86. The van der Waals surface area contributed by atoms with Crippen LogP contribution in [0.3, 0.4) is 0 Å². The number of anilines is 1. The quantitative estimate of drug-likeness (QED) is 0.843. The van der Waals surface area contributed by atoms with Crippen LogP contribution in [0.2, 0.25) is 5.02 Å². The Morgan fingerprint density at radius 1 is 1.47 bits per heavy atom. The summed E-state index contributed by atoms with van der Waals surface area (Å²) in [6, 6.07) is 1.87. The molecule has 0 aliphatic heterocycles. The van der Waals surface area contributed by atoms with Crippen molar-refractivity contribution in [2.75, 3.05) is 5.73 Å². The van der Waals surface area contributed by atoms with Crippen molar-refractivity contribution >= 4 is 38.6 Å². The number of nitrogens with zero attached hydrogens (tertiary/aromatic N) is 1. The minimum absolute atomic E-state index is 0.0839. The first kappa shape index (κ1) is 14.2. The molecule has 0 unspecified atom stereocenters. The summed E-state index contributed by atoms with van der Waals surface area (Å²) in [5, 5.41) is -0.219. The second-order valence-corrected chi connectivity index (χ2v) is 6.71. The number of halogens is 2. The fourth-order valence-electron chi connectivity index (χ4n) is 1.32. The number of thiazole rings is 1. The lowest BCUT2D eigenvalue weighted by Crippen LogP contribution is -2.23. The van der Waals surface area contributed by atoms with Gasteiger partial charge in [0.25, 0.3) is 0 Å². The van der Waals surface area contributed by atoms with Crippen LogP contribution in [0.25, 0.3) is 0 Å². The molecule has 1 aromatic carbocycles. The zero-order valence-electron chi connectivity index (χ0n) is 9.43. The highest BCUT2D eigenvalue weighted by molar-refractivity contribution is 7.89. The first-order valence-electron chi connectivity index (χ1n) is 5.01. The van der Waals surface area contributed by atoms with E-state index in [1.165, 1.54) is 11.3 Å². The number of aromatic nitrogens is 1. The molecule has 5 nitrogen and oxygen atoms in total. The Morgan fingerprint density at radius 2 is 2.21 bits per heavy atom. The lowest BCUT2D eigenvalue weighted by molar-refractivity contribution is 0.581. The van der Waals surface area contributed by atoms with Crippen molar-refractivity contribution in [3.8, 4) is 0 Å². The summed E-state index contributed by atoms with van der Waals surface area (Å²) < 4.78 is 39.5. The van der Waals surface area contributed by atoms with Gasteiger partial charge in [-0.3, -0.25) is 4.98 Å². The van der Waals surface area contributed by atoms with Gasteiger partial charge in [-0.2, -0.15) is 0 Å². The lowest BCUT2D eigenvalue weighted by atomic mass is 10.3. The second-order valence-electron chi connectivity index (χ2n) is 3.60. The molecule has 102 valence electrons. The van der Waals surface area contributed by atoms with Crippen molar-refractivity contribution in [2.45, 2.75) is 11.4 Å². The molecule has 0 saturated carbocycles. The topological polar surface area (TPSA) is 85.1 Å². The van der Waals surface area contributed by atoms with Crippen molar-refractivity contribution in [3.63, 3.8) is 0 Å². The van der Waals surface area contributed by atoms with Gasteiger partial charge in [0.05, 0.1) is 16.2 Å². The third-order valence-corrected chi connectivity index (χ3v) is 4.91. The minimum Gasteiger partial charge on any atom is -0.396 e. The molecule has 3 N–H and O–H groups in total. The summed E-state index contributed by atoms with van der Waals surface area (Å²) in [6.45, 7) is 0.0839. The largest absolute Gasteiger partial charge is 0.396 e. The minimum atomic E-state index is -3.86. The Kier molecular flexibility index (Phi) is 4.04. The molecule has 2 rings (SSSR count). The molecular weight excluding hydrogens is 313 g/mol. The number of nitrogen functional groups attached to an aromatic ring is 1.